The number of fused-ring (bicyclic) bond motifs is 1. The number of hydrogen-bond acceptors (Lipinski definition) is 0. The Bertz CT molecular complexity index is 494. The lowest BCUT2D eigenvalue weighted by atomic mass is 9.76. The third-order valence-electron chi connectivity index (χ3n) is 4.19. The normalized spacial score (nSPS) is 21.8. The molecule has 96 valence electrons. The van der Waals surface area contributed by atoms with Gasteiger partial charge in [-0.15, -0.1) is 0 Å². The Kier molecular flexibility index (Phi) is 4.00. The number of rotatable bonds is 3. The van der Waals surface area contributed by atoms with Crippen LogP contribution in [0.25, 0.3) is 0 Å². The lowest BCUT2D eigenvalue weighted by Crippen LogP contribution is -2.24. The highest BCUT2D eigenvalue weighted by Crippen LogP contribution is 2.46. The molecule has 0 aromatic heterocycles. The topological polar surface area (TPSA) is 0 Å². The van der Waals surface area contributed by atoms with Crippen molar-refractivity contribution in [1.29, 1.82) is 0 Å². The highest BCUT2D eigenvalue weighted by atomic mass is 127. The maximum atomic E-state index is 3.78. The third-order valence-corrected chi connectivity index (χ3v) is 4.99. The molecule has 0 fully saturated rings. The molecule has 0 N–H and O–H groups in total. The summed E-state index contributed by atoms with van der Waals surface area (Å²) in [6.07, 6.45) is 6.39. The van der Waals surface area contributed by atoms with Gasteiger partial charge in [-0.3, -0.25) is 0 Å². The molecule has 1 unspecified atom stereocenters. The molecular weight excluding hydrogens is 331 g/mol. The molecule has 0 heterocycles. The van der Waals surface area contributed by atoms with E-state index < -0.39 is 0 Å². The van der Waals surface area contributed by atoms with Crippen molar-refractivity contribution in [2.45, 2.75) is 39.0 Å². The SMILES string of the molecule is C=C/C=C(/I)CC1Cc2ccc(C)cc2C1(C)C. The Labute approximate surface area is 124 Å². The fraction of sp³-hybridized carbons (Fsp3) is 0.412. The van der Waals surface area contributed by atoms with Gasteiger partial charge in [0.15, 0.2) is 0 Å². The van der Waals surface area contributed by atoms with E-state index in [0.29, 0.717) is 5.92 Å². The summed E-state index contributed by atoms with van der Waals surface area (Å²) in [5.41, 5.74) is 4.75. The first-order chi connectivity index (χ1) is 8.45. The lowest BCUT2D eigenvalue weighted by molar-refractivity contribution is 0.351. The first-order valence-corrected chi connectivity index (χ1v) is 7.60. The second-order valence-corrected chi connectivity index (χ2v) is 7.22. The second kappa shape index (κ2) is 5.20. The van der Waals surface area contributed by atoms with Gasteiger partial charge in [0.2, 0.25) is 0 Å². The monoisotopic (exact) mass is 352 g/mol. The minimum Gasteiger partial charge on any atom is -0.0990 e. The maximum Gasteiger partial charge on any atom is -0.00660 e. The molecular formula is C17H21I. The molecule has 1 atom stereocenters. The standard InChI is InChI=1S/C17H21I/c1-5-6-15(18)11-14-10-13-8-7-12(2)9-16(13)17(14,3)4/h5-9,14H,1,10-11H2,2-4H3/b15-6+. The Morgan fingerprint density at radius 3 is 2.89 bits per heavy atom. The van der Waals surface area contributed by atoms with Crippen molar-refractivity contribution in [2.24, 2.45) is 5.92 Å². The summed E-state index contributed by atoms with van der Waals surface area (Å²) in [5, 5.41) is 0. The predicted octanol–water partition coefficient (Wildman–Crippen LogP) is 5.34. The molecule has 1 aliphatic carbocycles. The van der Waals surface area contributed by atoms with Crippen molar-refractivity contribution in [1.82, 2.24) is 0 Å². The van der Waals surface area contributed by atoms with Crippen LogP contribution >= 0.6 is 22.6 Å². The number of aryl methyl sites for hydroxylation is 1. The Morgan fingerprint density at radius 1 is 1.50 bits per heavy atom. The summed E-state index contributed by atoms with van der Waals surface area (Å²) >= 11 is 2.44. The van der Waals surface area contributed by atoms with Gasteiger partial charge < -0.3 is 0 Å². The van der Waals surface area contributed by atoms with E-state index >= 15 is 0 Å². The van der Waals surface area contributed by atoms with Crippen molar-refractivity contribution in [2.75, 3.05) is 0 Å². The number of halogens is 1. The zero-order valence-electron chi connectivity index (χ0n) is 11.5. The van der Waals surface area contributed by atoms with Gasteiger partial charge in [-0.25, -0.2) is 0 Å². The van der Waals surface area contributed by atoms with E-state index in [2.05, 4.69) is 74.2 Å². The van der Waals surface area contributed by atoms with Gasteiger partial charge in [0, 0.05) is 0 Å². The van der Waals surface area contributed by atoms with Gasteiger partial charge in [0.1, 0.15) is 0 Å². The van der Waals surface area contributed by atoms with E-state index in [4.69, 9.17) is 0 Å². The highest BCUT2D eigenvalue weighted by molar-refractivity contribution is 14.1. The molecule has 0 nitrogen and oxygen atoms in total. The molecule has 0 bridgehead atoms. The number of hydrogen-bond donors (Lipinski definition) is 0. The van der Waals surface area contributed by atoms with E-state index in [-0.39, 0.29) is 5.41 Å². The summed E-state index contributed by atoms with van der Waals surface area (Å²) in [7, 11) is 0. The molecule has 2 rings (SSSR count). The van der Waals surface area contributed by atoms with Crippen LogP contribution < -0.4 is 0 Å². The highest BCUT2D eigenvalue weighted by Gasteiger charge is 2.39. The number of allylic oxidation sites excluding steroid dienone is 3. The average molecular weight is 352 g/mol. The van der Waals surface area contributed by atoms with Crippen molar-refractivity contribution in [3.63, 3.8) is 0 Å². The first-order valence-electron chi connectivity index (χ1n) is 6.52. The van der Waals surface area contributed by atoms with E-state index in [1.165, 1.54) is 15.6 Å². The Hall–Kier alpha value is -0.570. The van der Waals surface area contributed by atoms with Crippen LogP contribution in [0, 0.1) is 12.8 Å². The summed E-state index contributed by atoms with van der Waals surface area (Å²) in [4.78, 5) is 0. The Balaban J connectivity index is 2.29. The van der Waals surface area contributed by atoms with Crippen molar-refractivity contribution in [3.8, 4) is 0 Å². The molecule has 0 saturated carbocycles. The minimum atomic E-state index is 0.285. The zero-order chi connectivity index (χ0) is 13.3. The van der Waals surface area contributed by atoms with Crippen LogP contribution in [0.3, 0.4) is 0 Å². The molecule has 0 saturated heterocycles. The van der Waals surface area contributed by atoms with Crippen LogP contribution in [0.1, 0.15) is 37.0 Å². The van der Waals surface area contributed by atoms with Crippen LogP contribution in [-0.4, -0.2) is 0 Å². The predicted molar refractivity (Wildman–Crippen MR) is 88.3 cm³/mol. The molecule has 0 aliphatic heterocycles. The molecule has 0 radical (unpaired) electrons. The van der Waals surface area contributed by atoms with Crippen LogP contribution in [0.4, 0.5) is 0 Å². The maximum absolute atomic E-state index is 3.78. The van der Waals surface area contributed by atoms with Crippen LogP contribution in [0.15, 0.2) is 40.5 Å². The van der Waals surface area contributed by atoms with E-state index in [9.17, 15) is 0 Å². The van der Waals surface area contributed by atoms with Gasteiger partial charge >= 0.3 is 0 Å². The molecule has 18 heavy (non-hydrogen) atoms. The van der Waals surface area contributed by atoms with Gasteiger partial charge in [-0.1, -0.05) is 56.3 Å². The molecule has 1 aromatic rings. The first kappa shape index (κ1) is 13.9. The second-order valence-electron chi connectivity index (χ2n) is 5.84. The summed E-state index contributed by atoms with van der Waals surface area (Å²) in [6.45, 7) is 10.7. The van der Waals surface area contributed by atoms with Crippen molar-refractivity contribution >= 4 is 22.6 Å². The van der Waals surface area contributed by atoms with Gasteiger partial charge in [-0.2, -0.15) is 0 Å². The molecule has 1 aromatic carbocycles. The summed E-state index contributed by atoms with van der Waals surface area (Å²) in [6, 6.07) is 6.93. The van der Waals surface area contributed by atoms with E-state index in [1.807, 2.05) is 6.08 Å². The summed E-state index contributed by atoms with van der Waals surface area (Å²) in [5.74, 6) is 0.706. The Morgan fingerprint density at radius 2 is 2.22 bits per heavy atom. The van der Waals surface area contributed by atoms with Crippen molar-refractivity contribution in [3.05, 3.63) is 57.2 Å². The quantitative estimate of drug-likeness (QED) is 0.509. The van der Waals surface area contributed by atoms with Crippen molar-refractivity contribution < 1.29 is 0 Å². The fourth-order valence-electron chi connectivity index (χ4n) is 2.97. The van der Waals surface area contributed by atoms with Gasteiger partial charge in [-0.05, 0) is 68.4 Å². The number of benzene rings is 1. The van der Waals surface area contributed by atoms with Gasteiger partial charge in [0.05, 0.1) is 0 Å². The van der Waals surface area contributed by atoms with E-state index in [1.54, 1.807) is 11.1 Å². The average Bonchev–Trinajstić information content (AvgIpc) is 2.52. The van der Waals surface area contributed by atoms with E-state index in [0.717, 1.165) is 6.42 Å². The largest absolute Gasteiger partial charge is 0.0990 e. The van der Waals surface area contributed by atoms with Crippen LogP contribution in [-0.2, 0) is 11.8 Å². The van der Waals surface area contributed by atoms with Crippen LogP contribution in [0.2, 0.25) is 0 Å². The zero-order valence-corrected chi connectivity index (χ0v) is 13.6. The third kappa shape index (κ3) is 2.56. The molecule has 1 aliphatic rings. The minimum absolute atomic E-state index is 0.285. The summed E-state index contributed by atoms with van der Waals surface area (Å²) < 4.78 is 1.41. The molecule has 1 heteroatoms. The lowest BCUT2D eigenvalue weighted by Gasteiger charge is -2.28. The smallest absolute Gasteiger partial charge is 0.00660 e. The van der Waals surface area contributed by atoms with Gasteiger partial charge in [0.25, 0.3) is 0 Å². The fourth-order valence-corrected chi connectivity index (χ4v) is 3.75. The molecule has 0 spiro atoms. The van der Waals surface area contributed by atoms with Crippen LogP contribution in [0.5, 0.6) is 0 Å². The molecule has 0 amide bonds.